The molecule has 0 aromatic carbocycles. The zero-order valence-electron chi connectivity index (χ0n) is 17.8. The zero-order chi connectivity index (χ0) is 20.1. The van der Waals surface area contributed by atoms with E-state index in [-0.39, 0.29) is 30.0 Å². The Bertz CT molecular complexity index is 557. The Morgan fingerprint density at radius 2 is 2.04 bits per heavy atom. The Hall–Kier alpha value is -1.52. The predicted molar refractivity (Wildman–Crippen MR) is 124 cm³/mol. The lowest BCUT2D eigenvalue weighted by molar-refractivity contribution is 0.0522. The highest BCUT2D eigenvalue weighted by Crippen LogP contribution is 2.07. The number of alkyl carbamates (subject to hydrolysis) is 1. The minimum absolute atomic E-state index is 0. The highest BCUT2D eigenvalue weighted by atomic mass is 127. The first kappa shape index (κ1) is 26.5. The van der Waals surface area contributed by atoms with Crippen LogP contribution in [0, 0.1) is 0 Å². The number of nitrogens with zero attached hydrogens (tertiary/aromatic N) is 3. The first-order valence-electron chi connectivity index (χ1n) is 9.83. The van der Waals surface area contributed by atoms with Gasteiger partial charge in [-0.25, -0.2) is 4.79 Å². The summed E-state index contributed by atoms with van der Waals surface area (Å²) in [6.45, 7) is 12.4. The lowest BCUT2D eigenvalue weighted by atomic mass is 10.1. The first-order chi connectivity index (χ1) is 12.8. The molecule has 9 heteroatoms. The third-order valence-corrected chi connectivity index (χ3v) is 3.64. The molecule has 0 saturated carbocycles. The Balaban J connectivity index is 0.00000729. The number of carbonyl (C=O) groups excluding carboxylic acids is 1. The average molecular weight is 508 g/mol. The number of ether oxygens (including phenoxy) is 1. The van der Waals surface area contributed by atoms with Gasteiger partial charge in [0.15, 0.2) is 5.96 Å². The number of amides is 1. The molecule has 0 aliphatic heterocycles. The van der Waals surface area contributed by atoms with Gasteiger partial charge in [-0.1, -0.05) is 19.8 Å². The van der Waals surface area contributed by atoms with E-state index in [1.165, 1.54) is 0 Å². The van der Waals surface area contributed by atoms with Crippen LogP contribution in [0.3, 0.4) is 0 Å². The van der Waals surface area contributed by atoms with Gasteiger partial charge in [0.05, 0.1) is 13.1 Å². The second kappa shape index (κ2) is 14.5. The maximum absolute atomic E-state index is 11.9. The van der Waals surface area contributed by atoms with Crippen LogP contribution in [-0.4, -0.2) is 53.1 Å². The zero-order valence-corrected chi connectivity index (χ0v) is 20.2. The van der Waals surface area contributed by atoms with Gasteiger partial charge in [0.25, 0.3) is 0 Å². The van der Waals surface area contributed by atoms with Crippen LogP contribution in [0.5, 0.6) is 0 Å². The fourth-order valence-corrected chi connectivity index (χ4v) is 2.41. The molecule has 1 atom stereocenters. The highest BCUT2D eigenvalue weighted by Gasteiger charge is 2.18. The molecule has 0 saturated heterocycles. The summed E-state index contributed by atoms with van der Waals surface area (Å²) < 4.78 is 7.17. The predicted octanol–water partition coefficient (Wildman–Crippen LogP) is 3.14. The Morgan fingerprint density at radius 1 is 1.29 bits per heavy atom. The molecule has 0 aliphatic carbocycles. The molecule has 0 fully saturated rings. The van der Waals surface area contributed by atoms with E-state index in [9.17, 15) is 4.79 Å². The van der Waals surface area contributed by atoms with E-state index >= 15 is 0 Å². The van der Waals surface area contributed by atoms with Gasteiger partial charge in [-0.3, -0.25) is 9.67 Å². The number of rotatable bonds is 10. The van der Waals surface area contributed by atoms with Crippen molar-refractivity contribution in [2.45, 2.75) is 72.1 Å². The van der Waals surface area contributed by atoms with Gasteiger partial charge < -0.3 is 20.7 Å². The van der Waals surface area contributed by atoms with Crippen LogP contribution in [0.2, 0.25) is 0 Å². The van der Waals surface area contributed by atoms with Crippen LogP contribution in [0.15, 0.2) is 23.5 Å². The van der Waals surface area contributed by atoms with Crippen LogP contribution in [0.1, 0.15) is 53.9 Å². The number of aromatic nitrogens is 2. The molecular formula is C19H37IN6O2. The van der Waals surface area contributed by atoms with Crippen molar-refractivity contribution in [3.8, 4) is 0 Å². The van der Waals surface area contributed by atoms with Gasteiger partial charge in [-0.05, 0) is 40.2 Å². The van der Waals surface area contributed by atoms with E-state index in [1.807, 2.05) is 44.6 Å². The maximum atomic E-state index is 11.9. The summed E-state index contributed by atoms with van der Waals surface area (Å²) in [7, 11) is 0. The van der Waals surface area contributed by atoms with Crippen molar-refractivity contribution in [2.75, 3.05) is 19.6 Å². The number of nitrogens with one attached hydrogen (secondary N) is 3. The summed E-state index contributed by atoms with van der Waals surface area (Å²) in [5, 5.41) is 13.7. The van der Waals surface area contributed by atoms with Crippen molar-refractivity contribution in [2.24, 2.45) is 4.99 Å². The number of hydrogen-bond donors (Lipinski definition) is 3. The van der Waals surface area contributed by atoms with Gasteiger partial charge in [0, 0.05) is 31.5 Å². The molecule has 8 nitrogen and oxygen atoms in total. The normalized spacial score (nSPS) is 12.7. The van der Waals surface area contributed by atoms with E-state index in [0.717, 1.165) is 38.3 Å². The maximum Gasteiger partial charge on any atom is 0.407 e. The Labute approximate surface area is 186 Å². The van der Waals surface area contributed by atoms with Crippen LogP contribution < -0.4 is 16.0 Å². The lowest BCUT2D eigenvalue weighted by Gasteiger charge is -2.24. The minimum atomic E-state index is -0.501. The summed E-state index contributed by atoms with van der Waals surface area (Å²) >= 11 is 0. The number of unbranched alkanes of at least 4 members (excludes halogenated alkanes) is 1. The van der Waals surface area contributed by atoms with Crippen molar-refractivity contribution < 1.29 is 9.53 Å². The van der Waals surface area contributed by atoms with E-state index in [0.29, 0.717) is 13.1 Å². The number of carbonyl (C=O) groups is 1. The Kier molecular flexibility index (Phi) is 13.7. The van der Waals surface area contributed by atoms with E-state index in [2.05, 4.69) is 33.0 Å². The fraction of sp³-hybridized carbons (Fsp3) is 0.737. The summed E-state index contributed by atoms with van der Waals surface area (Å²) in [5.74, 6) is 0.747. The van der Waals surface area contributed by atoms with Crippen molar-refractivity contribution in [3.05, 3.63) is 18.5 Å². The molecule has 1 aromatic rings. The van der Waals surface area contributed by atoms with E-state index in [4.69, 9.17) is 4.74 Å². The van der Waals surface area contributed by atoms with Crippen molar-refractivity contribution in [3.63, 3.8) is 0 Å². The molecule has 1 heterocycles. The number of guanidine groups is 1. The second-order valence-electron chi connectivity index (χ2n) is 7.40. The van der Waals surface area contributed by atoms with Crippen molar-refractivity contribution in [1.82, 2.24) is 25.7 Å². The SMILES string of the molecule is CCCCC(CNC(=O)OC(C)(C)C)NC(=NCCn1cccn1)NCC.I. The fourth-order valence-electron chi connectivity index (χ4n) is 2.41. The van der Waals surface area contributed by atoms with Crippen LogP contribution >= 0.6 is 24.0 Å². The van der Waals surface area contributed by atoms with Gasteiger partial charge >= 0.3 is 6.09 Å². The van der Waals surface area contributed by atoms with Gasteiger partial charge in [0.1, 0.15) is 5.60 Å². The van der Waals surface area contributed by atoms with Crippen LogP contribution in [0.4, 0.5) is 4.79 Å². The Morgan fingerprint density at radius 3 is 2.61 bits per heavy atom. The minimum Gasteiger partial charge on any atom is -0.444 e. The molecular weight excluding hydrogens is 471 g/mol. The van der Waals surface area contributed by atoms with E-state index in [1.54, 1.807) is 6.20 Å². The molecule has 0 aliphatic rings. The van der Waals surface area contributed by atoms with Crippen LogP contribution in [-0.2, 0) is 11.3 Å². The van der Waals surface area contributed by atoms with Crippen LogP contribution in [0.25, 0.3) is 0 Å². The van der Waals surface area contributed by atoms with E-state index < -0.39 is 11.7 Å². The monoisotopic (exact) mass is 508 g/mol. The lowest BCUT2D eigenvalue weighted by Crippen LogP contribution is -2.49. The quantitative estimate of drug-likeness (QED) is 0.257. The topological polar surface area (TPSA) is 92.6 Å². The molecule has 1 unspecified atom stereocenters. The summed E-state index contributed by atoms with van der Waals surface area (Å²) in [6.07, 6.45) is 6.39. The smallest absolute Gasteiger partial charge is 0.407 e. The molecule has 1 amide bonds. The molecule has 28 heavy (non-hydrogen) atoms. The molecule has 0 spiro atoms. The average Bonchev–Trinajstić information content (AvgIpc) is 3.09. The summed E-state index contributed by atoms with van der Waals surface area (Å²) in [6, 6.07) is 1.98. The van der Waals surface area contributed by atoms with Gasteiger partial charge in [-0.15, -0.1) is 24.0 Å². The standard InChI is InChI=1S/C19H36N6O2.HI/c1-6-8-10-16(15-22-18(26)27-19(3,4)5)24-17(20-7-2)21-12-14-25-13-9-11-23-25;/h9,11,13,16H,6-8,10,12,14-15H2,1-5H3,(H,22,26)(H2,20,21,24);1H. The number of halogens is 1. The summed E-state index contributed by atoms with van der Waals surface area (Å²) in [5.41, 5.74) is -0.501. The first-order valence-corrected chi connectivity index (χ1v) is 9.83. The second-order valence-corrected chi connectivity index (χ2v) is 7.40. The highest BCUT2D eigenvalue weighted by molar-refractivity contribution is 14.0. The number of hydrogen-bond acceptors (Lipinski definition) is 4. The van der Waals surface area contributed by atoms with Gasteiger partial charge in [-0.2, -0.15) is 5.10 Å². The molecule has 0 bridgehead atoms. The summed E-state index contributed by atoms with van der Waals surface area (Å²) in [4.78, 5) is 16.5. The molecule has 162 valence electrons. The molecule has 0 radical (unpaired) electrons. The molecule has 1 rings (SSSR count). The number of aliphatic imine (C=N–C) groups is 1. The largest absolute Gasteiger partial charge is 0.444 e. The third-order valence-electron chi connectivity index (χ3n) is 3.64. The van der Waals surface area contributed by atoms with Gasteiger partial charge in [0.2, 0.25) is 0 Å². The molecule has 1 aromatic heterocycles. The van der Waals surface area contributed by atoms with Crippen molar-refractivity contribution in [1.29, 1.82) is 0 Å². The van der Waals surface area contributed by atoms with Crippen molar-refractivity contribution >= 4 is 36.0 Å². The molecule has 3 N–H and O–H groups in total. The third kappa shape index (κ3) is 12.8.